The molecule has 0 radical (unpaired) electrons. The summed E-state index contributed by atoms with van der Waals surface area (Å²) >= 11 is 0. The lowest BCUT2D eigenvalue weighted by Crippen LogP contribution is -2.69. The van der Waals surface area contributed by atoms with Gasteiger partial charge in [0.15, 0.2) is 0 Å². The van der Waals surface area contributed by atoms with Crippen LogP contribution in [-0.4, -0.2) is 74.1 Å². The molecule has 13 heteroatoms. The van der Waals surface area contributed by atoms with Crippen molar-refractivity contribution in [1.82, 2.24) is 0 Å². The fourth-order valence-electron chi connectivity index (χ4n) is 7.09. The third-order valence-corrected chi connectivity index (χ3v) is 7.82. The monoisotopic (exact) mass is 456 g/mol. The van der Waals surface area contributed by atoms with Gasteiger partial charge in [-0.25, -0.2) is 9.59 Å². The molecule has 4 saturated heterocycles. The third kappa shape index (κ3) is 1.81. The normalized spacial score (nSPS) is 50.6. The molecule has 6 aliphatic rings. The number of epoxide rings is 1. The molecule has 170 valence electrons. The number of hydrogen-bond donors (Lipinski definition) is 0. The second-order valence-electron chi connectivity index (χ2n) is 8.63. The van der Waals surface area contributed by atoms with Crippen molar-refractivity contribution < 1.29 is 59.6 Å². The molecule has 0 N–H and O–H groups in total. The lowest BCUT2D eigenvalue weighted by atomic mass is 9.47. The molecule has 5 aliphatic heterocycles. The zero-order chi connectivity index (χ0) is 22.5. The minimum Gasteiger partial charge on any atom is -0.467 e. The first-order valence-electron chi connectivity index (χ1n) is 9.44. The fourth-order valence-corrected chi connectivity index (χ4v) is 7.09. The maximum Gasteiger partial charge on any atom is 0.415 e. The van der Waals surface area contributed by atoms with Crippen LogP contribution in [-0.2, 0) is 33.3 Å². The highest BCUT2D eigenvalue weighted by Crippen LogP contribution is 2.81. The molecule has 0 amide bonds. The Bertz CT molecular complexity index is 886. The van der Waals surface area contributed by atoms with Crippen LogP contribution in [0.25, 0.3) is 0 Å². The summed E-state index contributed by atoms with van der Waals surface area (Å²) in [6.07, 6.45) is -16.3. The van der Waals surface area contributed by atoms with Crippen LogP contribution < -0.4 is 0 Å². The van der Waals surface area contributed by atoms with E-state index >= 15 is 0 Å². The predicted octanol–water partition coefficient (Wildman–Crippen LogP) is 1.30. The van der Waals surface area contributed by atoms with Crippen molar-refractivity contribution in [2.75, 3.05) is 14.2 Å². The summed E-state index contributed by atoms with van der Waals surface area (Å²) in [5.41, 5.74) is -7.05. The van der Waals surface area contributed by atoms with Gasteiger partial charge in [0.1, 0.15) is 0 Å². The van der Waals surface area contributed by atoms with Crippen molar-refractivity contribution in [2.24, 2.45) is 23.7 Å². The Morgan fingerprint density at radius 2 is 1.16 bits per heavy atom. The van der Waals surface area contributed by atoms with Crippen LogP contribution in [0.15, 0.2) is 11.1 Å². The largest absolute Gasteiger partial charge is 0.467 e. The maximum absolute atomic E-state index is 13.6. The van der Waals surface area contributed by atoms with Crippen LogP contribution in [0.3, 0.4) is 0 Å². The van der Waals surface area contributed by atoms with Gasteiger partial charge in [0.25, 0.3) is 0 Å². The lowest BCUT2D eigenvalue weighted by Gasteiger charge is -2.48. The molecule has 0 aromatic heterocycles. The van der Waals surface area contributed by atoms with Gasteiger partial charge in [-0.15, -0.1) is 0 Å². The van der Waals surface area contributed by atoms with Gasteiger partial charge < -0.3 is 23.7 Å². The molecule has 5 fully saturated rings. The molecule has 5 heterocycles. The van der Waals surface area contributed by atoms with Crippen molar-refractivity contribution in [3.8, 4) is 0 Å². The average molecular weight is 456 g/mol. The van der Waals surface area contributed by atoms with Crippen molar-refractivity contribution in [3.63, 3.8) is 0 Å². The maximum atomic E-state index is 13.6. The van der Waals surface area contributed by atoms with Gasteiger partial charge in [0, 0.05) is 23.7 Å². The number of carbonyl (C=O) groups excluding carboxylic acids is 2. The number of hydrogen-bond acceptors (Lipinski definition) is 7. The Labute approximate surface area is 169 Å². The van der Waals surface area contributed by atoms with Crippen molar-refractivity contribution >= 4 is 11.9 Å². The quantitative estimate of drug-likeness (QED) is 0.204. The Hall–Kier alpha value is -1.86. The van der Waals surface area contributed by atoms with E-state index < -0.39 is 94.7 Å². The van der Waals surface area contributed by atoms with E-state index in [2.05, 4.69) is 0 Å². The highest BCUT2D eigenvalue weighted by molar-refractivity contribution is 6.02. The summed E-state index contributed by atoms with van der Waals surface area (Å²) < 4.78 is 108. The van der Waals surface area contributed by atoms with Gasteiger partial charge in [-0.05, 0) is 0 Å². The number of halogens is 6. The summed E-state index contributed by atoms with van der Waals surface area (Å²) in [4.78, 5) is 25.0. The molecule has 0 spiro atoms. The average Bonchev–Trinajstić information content (AvgIpc) is 3.18. The summed E-state index contributed by atoms with van der Waals surface area (Å²) in [5, 5.41) is 0. The van der Waals surface area contributed by atoms with E-state index in [4.69, 9.17) is 23.7 Å². The van der Waals surface area contributed by atoms with Crippen LogP contribution >= 0.6 is 0 Å². The van der Waals surface area contributed by atoms with Crippen molar-refractivity contribution in [3.05, 3.63) is 11.1 Å². The van der Waals surface area contributed by atoms with Crippen LogP contribution in [0.1, 0.15) is 0 Å². The molecule has 1 aliphatic carbocycles. The highest BCUT2D eigenvalue weighted by atomic mass is 19.4. The second kappa shape index (κ2) is 5.20. The molecule has 6 rings (SSSR count). The molecular formula is C18H14F6O7. The molecule has 1 saturated carbocycles. The van der Waals surface area contributed by atoms with Crippen LogP contribution in [0.2, 0.25) is 0 Å². The van der Waals surface area contributed by atoms with E-state index in [1.807, 2.05) is 0 Å². The van der Waals surface area contributed by atoms with Gasteiger partial charge in [0.2, 0.25) is 11.2 Å². The smallest absolute Gasteiger partial charge is 0.415 e. The zero-order valence-electron chi connectivity index (χ0n) is 15.7. The lowest BCUT2D eigenvalue weighted by molar-refractivity contribution is -0.164. The molecule has 7 nitrogen and oxygen atoms in total. The minimum absolute atomic E-state index is 0.850. The number of rotatable bonds is 2. The predicted molar refractivity (Wildman–Crippen MR) is 81.0 cm³/mol. The summed E-state index contributed by atoms with van der Waals surface area (Å²) in [7, 11) is 2.12. The van der Waals surface area contributed by atoms with E-state index in [1.54, 1.807) is 0 Å². The highest BCUT2D eigenvalue weighted by Gasteiger charge is 3.02. The van der Waals surface area contributed by atoms with Crippen LogP contribution in [0.5, 0.6) is 0 Å². The van der Waals surface area contributed by atoms with Gasteiger partial charge in [-0.3, -0.25) is 0 Å². The Morgan fingerprint density at radius 1 is 0.774 bits per heavy atom. The van der Waals surface area contributed by atoms with E-state index in [0.717, 1.165) is 14.2 Å². The Morgan fingerprint density at radius 3 is 1.48 bits per heavy atom. The SMILES string of the molecule is COC(=O)[C@]12O[C@@]1(C(=O)OC)[C@@H]1[C@@H]3O[C@@H]([C@@H]4[C@H]3[C@@H]3O[C@H]4C(C(F)(F)F)=C3C(F)(F)F)[C@@H]12. The first kappa shape index (κ1) is 19.8. The summed E-state index contributed by atoms with van der Waals surface area (Å²) in [6, 6.07) is 0. The zero-order valence-corrected chi connectivity index (χ0v) is 15.7. The second-order valence-corrected chi connectivity index (χ2v) is 8.63. The Balaban J connectivity index is 1.45. The van der Waals surface area contributed by atoms with Crippen LogP contribution in [0, 0.1) is 23.7 Å². The topological polar surface area (TPSA) is 83.6 Å². The first-order chi connectivity index (χ1) is 14.4. The van der Waals surface area contributed by atoms with E-state index in [9.17, 15) is 35.9 Å². The minimum atomic E-state index is -5.25. The molecule has 31 heavy (non-hydrogen) atoms. The molecule has 0 unspecified atom stereocenters. The molecule has 0 aromatic rings. The standard InChI is InChI=1S/C18H14F6O7/c1-27-13(25)15-5-6(16(15,31-15)14(26)28-2)10-4-3(9(5)29-10)11-7(17(19,20)21)8(12(4)30-11)18(22,23)24/h3-6,9-12H,1-2H3/t3-,4+,5+,6-,9-,10+,11+,12-,15-,16+. The van der Waals surface area contributed by atoms with E-state index in [0.29, 0.717) is 0 Å². The third-order valence-electron chi connectivity index (χ3n) is 7.82. The fraction of sp³-hybridized carbons (Fsp3) is 0.778. The number of fused-ring (bicyclic) bond motifs is 15. The summed E-state index contributed by atoms with van der Waals surface area (Å²) in [5.74, 6) is -5.62. The van der Waals surface area contributed by atoms with Gasteiger partial charge >= 0.3 is 24.3 Å². The molecular weight excluding hydrogens is 442 g/mol. The van der Waals surface area contributed by atoms with Gasteiger partial charge in [-0.1, -0.05) is 0 Å². The number of alkyl halides is 6. The number of methoxy groups -OCH3 is 2. The molecule has 0 aromatic carbocycles. The number of carbonyl (C=O) groups is 2. The summed E-state index contributed by atoms with van der Waals surface area (Å²) in [6.45, 7) is 0. The first-order valence-corrected chi connectivity index (χ1v) is 9.44. The molecule has 10 atom stereocenters. The van der Waals surface area contributed by atoms with Crippen molar-refractivity contribution in [2.45, 2.75) is 48.0 Å². The Kier molecular flexibility index (Phi) is 3.32. The van der Waals surface area contributed by atoms with Gasteiger partial charge in [0.05, 0.1) is 49.8 Å². The number of ether oxygens (including phenoxy) is 5. The van der Waals surface area contributed by atoms with E-state index in [1.165, 1.54) is 0 Å². The molecule has 4 bridgehead atoms. The van der Waals surface area contributed by atoms with E-state index in [-0.39, 0.29) is 0 Å². The van der Waals surface area contributed by atoms with Crippen molar-refractivity contribution in [1.29, 1.82) is 0 Å². The number of esters is 2. The van der Waals surface area contributed by atoms with Gasteiger partial charge in [-0.2, -0.15) is 26.3 Å². The van der Waals surface area contributed by atoms with Crippen LogP contribution in [0.4, 0.5) is 26.3 Å².